The second kappa shape index (κ2) is 6.74. The first kappa shape index (κ1) is 13.3. The second-order valence-corrected chi connectivity index (χ2v) is 3.76. The molecule has 0 spiro atoms. The van der Waals surface area contributed by atoms with E-state index in [4.69, 9.17) is 4.74 Å². The Morgan fingerprint density at radius 2 is 2.00 bits per heavy atom. The minimum atomic E-state index is -0.357. The molecule has 0 aromatic heterocycles. The maximum atomic E-state index is 10.9. The lowest BCUT2D eigenvalue weighted by molar-refractivity contribution is -0.134. The molecule has 1 unspecified atom stereocenters. The zero-order valence-corrected chi connectivity index (χ0v) is 10.5. The SMILES string of the molecule is CCC(C)Oc1ccc(C=CC(=O)OC)cc1. The monoisotopic (exact) mass is 234 g/mol. The Bertz CT molecular complexity index is 379. The number of carbonyl (C=O) groups excluding carboxylic acids is 1. The first-order valence-electron chi connectivity index (χ1n) is 5.68. The van der Waals surface area contributed by atoms with Crippen LogP contribution in [0.4, 0.5) is 0 Å². The van der Waals surface area contributed by atoms with Crippen molar-refractivity contribution in [3.8, 4) is 5.75 Å². The maximum Gasteiger partial charge on any atom is 0.330 e. The summed E-state index contributed by atoms with van der Waals surface area (Å²) in [6.07, 6.45) is 4.29. The normalized spacial score (nSPS) is 12.4. The zero-order valence-electron chi connectivity index (χ0n) is 10.5. The molecular weight excluding hydrogens is 216 g/mol. The van der Waals surface area contributed by atoms with E-state index >= 15 is 0 Å². The van der Waals surface area contributed by atoms with Crippen LogP contribution in [0.3, 0.4) is 0 Å². The van der Waals surface area contributed by atoms with Gasteiger partial charge in [0.25, 0.3) is 0 Å². The van der Waals surface area contributed by atoms with Crippen LogP contribution in [0.15, 0.2) is 30.3 Å². The van der Waals surface area contributed by atoms with E-state index in [9.17, 15) is 4.79 Å². The smallest absolute Gasteiger partial charge is 0.330 e. The Kier molecular flexibility index (Phi) is 5.27. The van der Waals surface area contributed by atoms with Gasteiger partial charge in [0.15, 0.2) is 0 Å². The van der Waals surface area contributed by atoms with Crippen molar-refractivity contribution in [1.29, 1.82) is 0 Å². The van der Waals surface area contributed by atoms with Gasteiger partial charge in [-0.25, -0.2) is 4.79 Å². The Balaban J connectivity index is 2.62. The molecule has 0 saturated carbocycles. The minimum absolute atomic E-state index is 0.214. The highest BCUT2D eigenvalue weighted by Gasteiger charge is 2.00. The van der Waals surface area contributed by atoms with Crippen LogP contribution in [0.5, 0.6) is 5.75 Å². The summed E-state index contributed by atoms with van der Waals surface area (Å²) in [4.78, 5) is 10.9. The molecule has 0 saturated heterocycles. The average molecular weight is 234 g/mol. The Labute approximate surface area is 102 Å². The van der Waals surface area contributed by atoms with Gasteiger partial charge in [0.1, 0.15) is 5.75 Å². The molecule has 0 N–H and O–H groups in total. The van der Waals surface area contributed by atoms with Crippen LogP contribution in [0.2, 0.25) is 0 Å². The van der Waals surface area contributed by atoms with Crippen LogP contribution in [0.25, 0.3) is 6.08 Å². The molecule has 0 bridgehead atoms. The van der Waals surface area contributed by atoms with E-state index in [2.05, 4.69) is 11.7 Å². The van der Waals surface area contributed by atoms with Crippen LogP contribution in [-0.2, 0) is 9.53 Å². The molecule has 1 rings (SSSR count). The highest BCUT2D eigenvalue weighted by atomic mass is 16.5. The van der Waals surface area contributed by atoms with Crippen molar-refractivity contribution < 1.29 is 14.3 Å². The van der Waals surface area contributed by atoms with Crippen LogP contribution >= 0.6 is 0 Å². The van der Waals surface area contributed by atoms with Crippen LogP contribution in [-0.4, -0.2) is 19.2 Å². The molecule has 0 radical (unpaired) electrons. The van der Waals surface area contributed by atoms with E-state index in [1.807, 2.05) is 31.2 Å². The van der Waals surface area contributed by atoms with E-state index < -0.39 is 0 Å². The van der Waals surface area contributed by atoms with Gasteiger partial charge in [-0.1, -0.05) is 19.1 Å². The summed E-state index contributed by atoms with van der Waals surface area (Å²) < 4.78 is 10.2. The predicted octanol–water partition coefficient (Wildman–Crippen LogP) is 3.05. The van der Waals surface area contributed by atoms with Crippen molar-refractivity contribution in [2.75, 3.05) is 7.11 Å². The number of rotatable bonds is 5. The Morgan fingerprint density at radius 3 is 2.53 bits per heavy atom. The van der Waals surface area contributed by atoms with Crippen molar-refractivity contribution in [2.45, 2.75) is 26.4 Å². The van der Waals surface area contributed by atoms with Gasteiger partial charge in [-0.2, -0.15) is 0 Å². The third kappa shape index (κ3) is 4.72. The lowest BCUT2D eigenvalue weighted by Crippen LogP contribution is -2.09. The van der Waals surface area contributed by atoms with Gasteiger partial charge in [-0.15, -0.1) is 0 Å². The van der Waals surface area contributed by atoms with E-state index in [1.165, 1.54) is 13.2 Å². The number of esters is 1. The lowest BCUT2D eigenvalue weighted by Gasteiger charge is -2.12. The molecule has 1 aromatic rings. The first-order valence-corrected chi connectivity index (χ1v) is 5.68. The van der Waals surface area contributed by atoms with Crippen molar-refractivity contribution >= 4 is 12.0 Å². The molecule has 0 aliphatic heterocycles. The standard InChI is InChI=1S/C14H18O3/c1-4-11(2)17-13-8-5-12(6-9-13)7-10-14(15)16-3/h5-11H,4H2,1-3H3. The molecule has 3 nitrogen and oxygen atoms in total. The fraction of sp³-hybridized carbons (Fsp3) is 0.357. The summed E-state index contributed by atoms with van der Waals surface area (Å²) in [6, 6.07) is 7.58. The van der Waals surface area contributed by atoms with Gasteiger partial charge in [-0.3, -0.25) is 0 Å². The summed E-state index contributed by atoms with van der Waals surface area (Å²) in [5.41, 5.74) is 0.937. The average Bonchev–Trinajstić information content (AvgIpc) is 2.37. The highest BCUT2D eigenvalue weighted by Crippen LogP contribution is 2.15. The largest absolute Gasteiger partial charge is 0.491 e. The van der Waals surface area contributed by atoms with Crippen molar-refractivity contribution in [3.63, 3.8) is 0 Å². The van der Waals surface area contributed by atoms with E-state index in [1.54, 1.807) is 6.08 Å². The Hall–Kier alpha value is -1.77. The maximum absolute atomic E-state index is 10.9. The third-order valence-corrected chi connectivity index (χ3v) is 2.41. The van der Waals surface area contributed by atoms with Gasteiger partial charge in [0, 0.05) is 6.08 Å². The molecule has 92 valence electrons. The molecule has 0 aliphatic rings. The van der Waals surface area contributed by atoms with Gasteiger partial charge in [0.05, 0.1) is 13.2 Å². The topological polar surface area (TPSA) is 35.5 Å². The van der Waals surface area contributed by atoms with Crippen LogP contribution in [0, 0.1) is 0 Å². The molecular formula is C14H18O3. The van der Waals surface area contributed by atoms with Crippen LogP contribution < -0.4 is 4.74 Å². The first-order chi connectivity index (χ1) is 8.15. The zero-order chi connectivity index (χ0) is 12.7. The van der Waals surface area contributed by atoms with Crippen molar-refractivity contribution in [2.24, 2.45) is 0 Å². The molecule has 3 heteroatoms. The van der Waals surface area contributed by atoms with Gasteiger partial charge < -0.3 is 9.47 Å². The second-order valence-electron chi connectivity index (χ2n) is 3.76. The quantitative estimate of drug-likeness (QED) is 0.580. The number of methoxy groups -OCH3 is 1. The number of ether oxygens (including phenoxy) is 2. The summed E-state index contributed by atoms with van der Waals surface area (Å²) >= 11 is 0. The van der Waals surface area contributed by atoms with Gasteiger partial charge >= 0.3 is 5.97 Å². The fourth-order valence-corrected chi connectivity index (χ4v) is 1.21. The molecule has 1 aromatic carbocycles. The number of benzene rings is 1. The van der Waals surface area contributed by atoms with E-state index in [0.29, 0.717) is 0 Å². The molecule has 1 atom stereocenters. The molecule has 17 heavy (non-hydrogen) atoms. The molecule has 0 amide bonds. The van der Waals surface area contributed by atoms with E-state index in [0.717, 1.165) is 17.7 Å². The number of hydrogen-bond acceptors (Lipinski definition) is 3. The summed E-state index contributed by atoms with van der Waals surface area (Å²) in [5.74, 6) is 0.486. The summed E-state index contributed by atoms with van der Waals surface area (Å²) in [7, 11) is 1.36. The summed E-state index contributed by atoms with van der Waals surface area (Å²) in [6.45, 7) is 4.11. The third-order valence-electron chi connectivity index (χ3n) is 2.41. The lowest BCUT2D eigenvalue weighted by atomic mass is 10.2. The molecule has 0 fully saturated rings. The van der Waals surface area contributed by atoms with Crippen molar-refractivity contribution in [1.82, 2.24) is 0 Å². The van der Waals surface area contributed by atoms with Crippen molar-refractivity contribution in [3.05, 3.63) is 35.9 Å². The summed E-state index contributed by atoms with van der Waals surface area (Å²) in [5, 5.41) is 0. The molecule has 0 aliphatic carbocycles. The molecule has 0 heterocycles. The Morgan fingerprint density at radius 1 is 1.35 bits per heavy atom. The number of hydrogen-bond donors (Lipinski definition) is 0. The fourth-order valence-electron chi connectivity index (χ4n) is 1.21. The van der Waals surface area contributed by atoms with Gasteiger partial charge in [0.2, 0.25) is 0 Å². The van der Waals surface area contributed by atoms with Gasteiger partial charge in [-0.05, 0) is 37.1 Å². The highest BCUT2D eigenvalue weighted by molar-refractivity contribution is 5.86. The van der Waals surface area contributed by atoms with E-state index in [-0.39, 0.29) is 12.1 Å². The number of carbonyl (C=O) groups is 1. The van der Waals surface area contributed by atoms with Crippen LogP contribution in [0.1, 0.15) is 25.8 Å². The minimum Gasteiger partial charge on any atom is -0.491 e. The predicted molar refractivity (Wildman–Crippen MR) is 67.9 cm³/mol.